The smallest absolute Gasteiger partial charge is 0.310 e. The lowest BCUT2D eigenvalue weighted by Crippen LogP contribution is -2.65. The summed E-state index contributed by atoms with van der Waals surface area (Å²) in [7, 11) is 0. The van der Waals surface area contributed by atoms with Gasteiger partial charge in [-0.25, -0.2) is 0 Å². The zero-order chi connectivity index (χ0) is 13.3. The Bertz CT molecular complexity index is 353. The van der Waals surface area contributed by atoms with Gasteiger partial charge in [-0.1, -0.05) is 30.3 Å². The zero-order valence-corrected chi connectivity index (χ0v) is 8.44. The summed E-state index contributed by atoms with van der Waals surface area (Å²) < 4.78 is 74.6. The molecule has 0 aliphatic rings. The van der Waals surface area contributed by atoms with Crippen molar-refractivity contribution in [3.63, 3.8) is 0 Å². The van der Waals surface area contributed by atoms with E-state index < -0.39 is 24.3 Å². The van der Waals surface area contributed by atoms with Crippen molar-refractivity contribution in [3.05, 3.63) is 35.9 Å². The van der Waals surface area contributed by atoms with Crippen LogP contribution in [0.2, 0.25) is 0 Å². The van der Waals surface area contributed by atoms with E-state index in [4.69, 9.17) is 0 Å². The Morgan fingerprint density at radius 2 is 1.24 bits per heavy atom. The van der Waals surface area contributed by atoms with Crippen LogP contribution in [0.4, 0.5) is 26.3 Å². The topological polar surface area (TPSA) is 26.0 Å². The predicted molar refractivity (Wildman–Crippen MR) is 49.2 cm³/mol. The third kappa shape index (κ3) is 2.71. The molecule has 0 amide bonds. The molecule has 1 aromatic rings. The quantitative estimate of drug-likeness (QED) is 0.809. The molecule has 0 saturated carbocycles. The molecule has 1 nitrogen and oxygen atoms in total. The lowest BCUT2D eigenvalue weighted by Gasteiger charge is -2.33. The molecule has 0 saturated heterocycles. The predicted octanol–water partition coefficient (Wildman–Crippen LogP) is 3.05. The Labute approximate surface area is 93.2 Å². The van der Waals surface area contributed by atoms with Crippen LogP contribution in [0.1, 0.15) is 5.56 Å². The number of hydrogen-bond acceptors (Lipinski definition) is 1. The lowest BCUT2D eigenvalue weighted by atomic mass is 9.90. The molecule has 7 heteroatoms. The molecule has 0 aromatic heterocycles. The van der Waals surface area contributed by atoms with Crippen LogP contribution in [0.25, 0.3) is 0 Å². The van der Waals surface area contributed by atoms with Crippen molar-refractivity contribution >= 4 is 0 Å². The highest BCUT2D eigenvalue weighted by Crippen LogP contribution is 2.43. The number of hydrogen-bond donors (Lipinski definition) is 1. The van der Waals surface area contributed by atoms with Gasteiger partial charge >= 0.3 is 12.4 Å². The molecule has 0 fully saturated rings. The van der Waals surface area contributed by atoms with Crippen LogP contribution in [0.5, 0.6) is 0 Å². The molecule has 0 spiro atoms. The van der Waals surface area contributed by atoms with E-state index in [0.29, 0.717) is 0 Å². The number of nitrogens with two attached hydrogens (primary N) is 1. The third-order valence-electron chi connectivity index (χ3n) is 2.34. The van der Waals surface area contributed by atoms with Crippen LogP contribution in [0.15, 0.2) is 30.3 Å². The first-order valence-electron chi connectivity index (χ1n) is 4.54. The average Bonchev–Trinajstić information content (AvgIpc) is 2.15. The SMILES string of the molecule is NC(Cc1ccccc1)(C(F)(F)F)C(F)(F)F. The molecule has 0 aliphatic carbocycles. The van der Waals surface area contributed by atoms with Crippen LogP contribution >= 0.6 is 0 Å². The Morgan fingerprint density at radius 1 is 0.824 bits per heavy atom. The van der Waals surface area contributed by atoms with Crippen molar-refractivity contribution in [2.45, 2.75) is 24.3 Å². The Morgan fingerprint density at radius 3 is 1.59 bits per heavy atom. The highest BCUT2D eigenvalue weighted by atomic mass is 19.4. The van der Waals surface area contributed by atoms with E-state index in [9.17, 15) is 26.3 Å². The van der Waals surface area contributed by atoms with Crippen LogP contribution < -0.4 is 5.73 Å². The van der Waals surface area contributed by atoms with Gasteiger partial charge in [0.15, 0.2) is 0 Å². The van der Waals surface area contributed by atoms with Crippen molar-refractivity contribution in [1.29, 1.82) is 0 Å². The lowest BCUT2D eigenvalue weighted by molar-refractivity contribution is -0.295. The van der Waals surface area contributed by atoms with Gasteiger partial charge in [-0.05, 0) is 5.56 Å². The van der Waals surface area contributed by atoms with Gasteiger partial charge in [-0.3, -0.25) is 0 Å². The molecule has 0 aliphatic heterocycles. The minimum atomic E-state index is -5.55. The van der Waals surface area contributed by atoms with Crippen molar-refractivity contribution < 1.29 is 26.3 Å². The summed E-state index contributed by atoms with van der Waals surface area (Å²) >= 11 is 0. The molecule has 0 unspecified atom stereocenters. The van der Waals surface area contributed by atoms with Crippen molar-refractivity contribution in [3.8, 4) is 0 Å². The fourth-order valence-corrected chi connectivity index (χ4v) is 1.28. The highest BCUT2D eigenvalue weighted by molar-refractivity contribution is 5.20. The van der Waals surface area contributed by atoms with E-state index in [1.165, 1.54) is 30.3 Å². The van der Waals surface area contributed by atoms with Gasteiger partial charge in [0.1, 0.15) is 0 Å². The molecule has 0 atom stereocenters. The zero-order valence-electron chi connectivity index (χ0n) is 8.44. The van der Waals surface area contributed by atoms with Gasteiger partial charge in [-0.2, -0.15) is 26.3 Å². The summed E-state index contributed by atoms with van der Waals surface area (Å²) in [4.78, 5) is 0. The largest absolute Gasteiger partial charge is 0.415 e. The third-order valence-corrected chi connectivity index (χ3v) is 2.34. The molecular weight excluding hydrogens is 248 g/mol. The standard InChI is InChI=1S/C10H9F6N/c11-9(12,13)8(17,10(14,15)16)6-7-4-2-1-3-5-7/h1-5H,6,17H2. The van der Waals surface area contributed by atoms with Crippen molar-refractivity contribution in [2.75, 3.05) is 0 Å². The normalized spacial score (nSPS) is 13.8. The molecule has 0 bridgehead atoms. The summed E-state index contributed by atoms with van der Waals surface area (Å²) in [6.45, 7) is 0. The molecular formula is C10H9F6N. The first kappa shape index (κ1) is 13.8. The number of halogens is 6. The van der Waals surface area contributed by atoms with Crippen molar-refractivity contribution in [1.82, 2.24) is 0 Å². The second kappa shape index (κ2) is 4.21. The molecule has 96 valence electrons. The number of alkyl halides is 6. The summed E-state index contributed by atoms with van der Waals surface area (Å²) in [6.07, 6.45) is -12.4. The van der Waals surface area contributed by atoms with Crippen LogP contribution in [0, 0.1) is 0 Å². The Kier molecular flexibility index (Phi) is 3.42. The van der Waals surface area contributed by atoms with Gasteiger partial charge in [0.2, 0.25) is 5.54 Å². The van der Waals surface area contributed by atoms with E-state index in [2.05, 4.69) is 5.73 Å². The van der Waals surface area contributed by atoms with Gasteiger partial charge in [0.05, 0.1) is 0 Å². The summed E-state index contributed by atoms with van der Waals surface area (Å²) in [5, 5.41) is 0. The first-order valence-corrected chi connectivity index (χ1v) is 4.54. The van der Waals surface area contributed by atoms with E-state index in [1.807, 2.05) is 0 Å². The van der Waals surface area contributed by atoms with Crippen LogP contribution in [-0.2, 0) is 6.42 Å². The van der Waals surface area contributed by atoms with E-state index in [0.717, 1.165) is 0 Å². The average molecular weight is 257 g/mol. The summed E-state index contributed by atoms with van der Waals surface area (Å²) in [5.41, 5.74) is 0.193. The summed E-state index contributed by atoms with van der Waals surface area (Å²) in [5.74, 6) is 0. The second-order valence-electron chi connectivity index (χ2n) is 3.63. The van der Waals surface area contributed by atoms with Gasteiger partial charge in [0, 0.05) is 6.42 Å². The molecule has 17 heavy (non-hydrogen) atoms. The van der Waals surface area contributed by atoms with E-state index in [1.54, 1.807) is 0 Å². The molecule has 0 heterocycles. The Hall–Kier alpha value is -1.24. The maximum atomic E-state index is 12.4. The first-order chi connectivity index (χ1) is 7.58. The van der Waals surface area contributed by atoms with Crippen LogP contribution in [0.3, 0.4) is 0 Å². The highest BCUT2D eigenvalue weighted by Gasteiger charge is 2.68. The fourth-order valence-electron chi connectivity index (χ4n) is 1.28. The van der Waals surface area contributed by atoms with E-state index >= 15 is 0 Å². The number of rotatable bonds is 2. The maximum Gasteiger partial charge on any atom is 0.415 e. The second-order valence-corrected chi connectivity index (χ2v) is 3.63. The van der Waals surface area contributed by atoms with E-state index in [-0.39, 0.29) is 5.56 Å². The molecule has 1 rings (SSSR count). The maximum absolute atomic E-state index is 12.4. The molecule has 1 aromatic carbocycles. The van der Waals surface area contributed by atoms with Gasteiger partial charge in [-0.15, -0.1) is 0 Å². The fraction of sp³-hybridized carbons (Fsp3) is 0.400. The Balaban J connectivity index is 3.11. The van der Waals surface area contributed by atoms with Gasteiger partial charge < -0.3 is 5.73 Å². The minimum absolute atomic E-state index is 0.121. The molecule has 0 radical (unpaired) electrons. The van der Waals surface area contributed by atoms with Crippen molar-refractivity contribution in [2.24, 2.45) is 5.73 Å². The minimum Gasteiger partial charge on any atom is -0.310 e. The van der Waals surface area contributed by atoms with Gasteiger partial charge in [0.25, 0.3) is 0 Å². The monoisotopic (exact) mass is 257 g/mol. The number of benzene rings is 1. The molecule has 2 N–H and O–H groups in total. The van der Waals surface area contributed by atoms with Crippen LogP contribution in [-0.4, -0.2) is 17.9 Å². The summed E-state index contributed by atoms with van der Waals surface area (Å²) in [6, 6.07) is 6.52.